The summed E-state index contributed by atoms with van der Waals surface area (Å²) in [6.07, 6.45) is -1.04. The second kappa shape index (κ2) is 10.9. The maximum absolute atomic E-state index is 14.9. The third kappa shape index (κ3) is 5.60. The first-order chi connectivity index (χ1) is 14.8. The third-order valence-corrected chi connectivity index (χ3v) is 4.97. The van der Waals surface area contributed by atoms with Crippen molar-refractivity contribution in [2.75, 3.05) is 62.8 Å². The van der Waals surface area contributed by atoms with E-state index in [-0.39, 0.29) is 31.9 Å². The van der Waals surface area contributed by atoms with Crippen molar-refractivity contribution in [2.45, 2.75) is 13.0 Å². The highest BCUT2D eigenvalue weighted by Crippen LogP contribution is 2.27. The van der Waals surface area contributed by atoms with Crippen LogP contribution in [0.3, 0.4) is 0 Å². The van der Waals surface area contributed by atoms with Gasteiger partial charge in [-0.25, -0.2) is 14.2 Å². The van der Waals surface area contributed by atoms with E-state index in [4.69, 9.17) is 20.7 Å². The number of hydrogen-bond donors (Lipinski definition) is 3. The van der Waals surface area contributed by atoms with Crippen molar-refractivity contribution in [1.82, 2.24) is 10.0 Å². The maximum atomic E-state index is 14.9. The van der Waals surface area contributed by atoms with Crippen LogP contribution in [0.25, 0.3) is 0 Å². The highest BCUT2D eigenvalue weighted by atomic mass is 19.1. The molecule has 1 aromatic carbocycles. The number of amides is 3. The minimum Gasteiger partial charge on any atom is -0.443 e. The highest BCUT2D eigenvalue weighted by molar-refractivity contribution is 5.90. The van der Waals surface area contributed by atoms with Crippen molar-refractivity contribution < 1.29 is 33.7 Å². The number of cyclic esters (lactones) is 1. The number of nitrogens with two attached hydrogens (primary N) is 1. The minimum absolute atomic E-state index is 0.0344. The lowest BCUT2D eigenvalue weighted by Crippen LogP contribution is -2.52. The number of ether oxygens (including phenoxy) is 1. The summed E-state index contributed by atoms with van der Waals surface area (Å²) in [5.41, 5.74) is 6.09. The standard InChI is InChI=1S/C19H28FN5O6/c1-3-23(6-7-25(18(29)12-27)22(2)17(28)11-26)16-5-4-13(8-15(16)20)24-10-14(9-21)31-19(24)30/h4-5,8,14,26-27H,3,6-7,9-12,21H2,1-2H3/t14-/m0/s1. The topological polar surface area (TPSA) is 140 Å². The lowest BCUT2D eigenvalue weighted by Gasteiger charge is -2.33. The summed E-state index contributed by atoms with van der Waals surface area (Å²) >= 11 is 0. The number of halogens is 1. The van der Waals surface area contributed by atoms with Crippen LogP contribution in [0.2, 0.25) is 0 Å². The quantitative estimate of drug-likeness (QED) is 0.420. The predicted molar refractivity (Wildman–Crippen MR) is 110 cm³/mol. The Morgan fingerprint density at radius 3 is 2.45 bits per heavy atom. The molecular weight excluding hydrogens is 413 g/mol. The van der Waals surface area contributed by atoms with Gasteiger partial charge in [0.2, 0.25) is 0 Å². The molecule has 0 radical (unpaired) electrons. The third-order valence-electron chi connectivity index (χ3n) is 4.97. The molecule has 1 aromatic rings. The van der Waals surface area contributed by atoms with Gasteiger partial charge in [0.15, 0.2) is 0 Å². The molecule has 4 N–H and O–H groups in total. The number of aliphatic hydroxyl groups is 2. The largest absolute Gasteiger partial charge is 0.443 e. The van der Waals surface area contributed by atoms with E-state index >= 15 is 0 Å². The molecular formula is C19H28FN5O6. The van der Waals surface area contributed by atoms with Gasteiger partial charge in [0, 0.05) is 26.7 Å². The number of hydrogen-bond acceptors (Lipinski definition) is 8. The average Bonchev–Trinajstić information content (AvgIpc) is 3.16. The van der Waals surface area contributed by atoms with E-state index in [1.807, 2.05) is 0 Å². The number of rotatable bonds is 9. The van der Waals surface area contributed by atoms with E-state index < -0.39 is 43.0 Å². The number of hydrazine groups is 1. The van der Waals surface area contributed by atoms with Crippen molar-refractivity contribution in [3.05, 3.63) is 24.0 Å². The van der Waals surface area contributed by atoms with E-state index in [2.05, 4.69) is 0 Å². The molecule has 172 valence electrons. The first-order valence-corrected chi connectivity index (χ1v) is 9.78. The lowest BCUT2D eigenvalue weighted by atomic mass is 10.2. The molecule has 0 aliphatic carbocycles. The van der Waals surface area contributed by atoms with Crippen LogP contribution in [-0.2, 0) is 14.3 Å². The molecule has 0 aromatic heterocycles. The molecule has 0 saturated carbocycles. The summed E-state index contributed by atoms with van der Waals surface area (Å²) in [5, 5.41) is 20.1. The molecule has 1 saturated heterocycles. The number of benzene rings is 1. The molecule has 11 nitrogen and oxygen atoms in total. The number of carbonyl (C=O) groups is 3. The summed E-state index contributed by atoms with van der Waals surface area (Å²) in [5.74, 6) is -2.05. The van der Waals surface area contributed by atoms with Crippen molar-refractivity contribution >= 4 is 29.3 Å². The molecule has 1 aliphatic rings. The number of carbonyl (C=O) groups excluding carboxylic acids is 3. The fourth-order valence-corrected chi connectivity index (χ4v) is 3.20. The Morgan fingerprint density at radius 1 is 1.26 bits per heavy atom. The summed E-state index contributed by atoms with van der Waals surface area (Å²) in [7, 11) is 1.29. The fourth-order valence-electron chi connectivity index (χ4n) is 3.20. The van der Waals surface area contributed by atoms with Crippen molar-refractivity contribution in [1.29, 1.82) is 0 Å². The number of aliphatic hydroxyl groups excluding tert-OH is 2. The van der Waals surface area contributed by atoms with Gasteiger partial charge in [0.1, 0.15) is 25.1 Å². The monoisotopic (exact) mass is 441 g/mol. The Hall–Kier alpha value is -2.96. The Balaban J connectivity index is 2.15. The van der Waals surface area contributed by atoms with Gasteiger partial charge in [-0.2, -0.15) is 0 Å². The second-order valence-corrected chi connectivity index (χ2v) is 6.82. The molecule has 3 amide bonds. The van der Waals surface area contributed by atoms with E-state index in [9.17, 15) is 18.8 Å². The zero-order chi connectivity index (χ0) is 23.1. The van der Waals surface area contributed by atoms with Crippen LogP contribution in [0, 0.1) is 5.82 Å². The van der Waals surface area contributed by atoms with Crippen molar-refractivity contribution in [2.24, 2.45) is 5.73 Å². The van der Waals surface area contributed by atoms with Gasteiger partial charge >= 0.3 is 6.09 Å². The summed E-state index contributed by atoms with van der Waals surface area (Å²) in [6, 6.07) is 4.31. The molecule has 31 heavy (non-hydrogen) atoms. The van der Waals surface area contributed by atoms with Crippen LogP contribution in [-0.4, -0.2) is 97.2 Å². The molecule has 12 heteroatoms. The van der Waals surface area contributed by atoms with Gasteiger partial charge in [-0.3, -0.25) is 19.5 Å². The molecule has 1 heterocycles. The van der Waals surface area contributed by atoms with Crippen LogP contribution in [0.15, 0.2) is 18.2 Å². The van der Waals surface area contributed by atoms with Gasteiger partial charge in [-0.05, 0) is 25.1 Å². The van der Waals surface area contributed by atoms with Crippen molar-refractivity contribution in [3.8, 4) is 0 Å². The zero-order valence-corrected chi connectivity index (χ0v) is 17.5. The molecule has 1 aliphatic heterocycles. The normalized spacial score (nSPS) is 15.6. The second-order valence-electron chi connectivity index (χ2n) is 6.82. The first kappa shape index (κ1) is 24.3. The maximum Gasteiger partial charge on any atom is 0.414 e. The molecule has 0 unspecified atom stereocenters. The summed E-state index contributed by atoms with van der Waals surface area (Å²) < 4.78 is 20.0. The van der Waals surface area contributed by atoms with Crippen LogP contribution >= 0.6 is 0 Å². The van der Waals surface area contributed by atoms with Crippen LogP contribution in [0.4, 0.5) is 20.6 Å². The van der Waals surface area contributed by atoms with Gasteiger partial charge in [0.05, 0.1) is 24.5 Å². The molecule has 2 rings (SSSR count). The molecule has 1 atom stereocenters. The zero-order valence-electron chi connectivity index (χ0n) is 17.5. The molecule has 1 fully saturated rings. The van der Waals surface area contributed by atoms with Gasteiger partial charge in [-0.1, -0.05) is 0 Å². The van der Waals surface area contributed by atoms with Crippen LogP contribution < -0.4 is 15.5 Å². The fraction of sp³-hybridized carbons (Fsp3) is 0.526. The summed E-state index contributed by atoms with van der Waals surface area (Å²) in [4.78, 5) is 38.6. The minimum atomic E-state index is -0.825. The van der Waals surface area contributed by atoms with E-state index in [0.717, 1.165) is 10.0 Å². The SMILES string of the molecule is CCN(CCN(C(=O)CO)N(C)C(=O)CO)c1ccc(N2C[C@H](CN)OC2=O)cc1F. The Labute approximate surface area is 179 Å². The smallest absolute Gasteiger partial charge is 0.414 e. The number of likely N-dealkylation sites (N-methyl/N-ethyl adjacent to an activating group) is 2. The Bertz CT molecular complexity index is 810. The van der Waals surface area contributed by atoms with E-state index in [1.54, 1.807) is 17.9 Å². The van der Waals surface area contributed by atoms with Gasteiger partial charge < -0.3 is 25.6 Å². The van der Waals surface area contributed by atoms with Crippen molar-refractivity contribution in [3.63, 3.8) is 0 Å². The number of nitrogens with zero attached hydrogens (tertiary/aromatic N) is 4. The predicted octanol–water partition coefficient (Wildman–Crippen LogP) is -0.877. The first-order valence-electron chi connectivity index (χ1n) is 9.78. The average molecular weight is 441 g/mol. The van der Waals surface area contributed by atoms with Gasteiger partial charge in [-0.15, -0.1) is 0 Å². The Kier molecular flexibility index (Phi) is 8.54. The van der Waals surface area contributed by atoms with Crippen LogP contribution in [0.5, 0.6) is 0 Å². The van der Waals surface area contributed by atoms with E-state index in [0.29, 0.717) is 12.2 Å². The van der Waals surface area contributed by atoms with E-state index in [1.165, 1.54) is 24.1 Å². The molecule has 0 bridgehead atoms. The lowest BCUT2D eigenvalue weighted by molar-refractivity contribution is -0.164. The summed E-state index contributed by atoms with van der Waals surface area (Å²) in [6.45, 7) is 1.05. The molecule has 0 spiro atoms. The number of anilines is 2. The van der Waals surface area contributed by atoms with Crippen LogP contribution in [0.1, 0.15) is 6.92 Å². The Morgan fingerprint density at radius 2 is 1.94 bits per heavy atom. The van der Waals surface area contributed by atoms with Gasteiger partial charge in [0.25, 0.3) is 11.8 Å². The highest BCUT2D eigenvalue weighted by Gasteiger charge is 2.32.